The van der Waals surface area contributed by atoms with Crippen LogP contribution in [0.4, 0.5) is 10.1 Å². The molecule has 0 aliphatic heterocycles. The second kappa shape index (κ2) is 6.70. The number of anilines is 1. The lowest BCUT2D eigenvalue weighted by molar-refractivity contribution is -0.00862. The second-order valence-electron chi connectivity index (χ2n) is 4.91. The zero-order chi connectivity index (χ0) is 14.5. The van der Waals surface area contributed by atoms with E-state index in [9.17, 15) is 9.18 Å². The van der Waals surface area contributed by atoms with E-state index in [1.165, 1.54) is 6.07 Å². The van der Waals surface area contributed by atoms with E-state index in [-0.39, 0.29) is 23.7 Å². The molecule has 0 unspecified atom stereocenters. The molecule has 4 nitrogen and oxygen atoms in total. The van der Waals surface area contributed by atoms with E-state index in [0.717, 1.165) is 12.8 Å². The van der Waals surface area contributed by atoms with Crippen LogP contribution in [0.5, 0.6) is 0 Å². The van der Waals surface area contributed by atoms with Crippen molar-refractivity contribution >= 4 is 11.6 Å². The lowest BCUT2D eigenvalue weighted by atomic mass is 9.89. The van der Waals surface area contributed by atoms with Crippen molar-refractivity contribution in [2.24, 2.45) is 0 Å². The number of carbonyl (C=O) groups is 1. The SMILES string of the molecule is CCNc1c(F)cccc1C(=O)NC1CC(OCC)C1. The Labute approximate surface area is 118 Å². The number of ether oxygens (including phenoxy) is 1. The van der Waals surface area contributed by atoms with E-state index in [1.807, 2.05) is 13.8 Å². The minimum Gasteiger partial charge on any atom is -0.382 e. The molecule has 1 fully saturated rings. The summed E-state index contributed by atoms with van der Waals surface area (Å²) in [6, 6.07) is 4.66. The van der Waals surface area contributed by atoms with E-state index < -0.39 is 5.82 Å². The highest BCUT2D eigenvalue weighted by Gasteiger charge is 2.31. The maximum Gasteiger partial charge on any atom is 0.253 e. The average molecular weight is 280 g/mol. The Morgan fingerprint density at radius 3 is 2.80 bits per heavy atom. The number of carbonyl (C=O) groups excluding carboxylic acids is 1. The van der Waals surface area contributed by atoms with Crippen LogP contribution >= 0.6 is 0 Å². The van der Waals surface area contributed by atoms with Crippen LogP contribution in [0.15, 0.2) is 18.2 Å². The summed E-state index contributed by atoms with van der Waals surface area (Å²) in [6.07, 6.45) is 1.89. The first-order valence-corrected chi connectivity index (χ1v) is 7.10. The summed E-state index contributed by atoms with van der Waals surface area (Å²) in [5.74, 6) is -0.638. The third kappa shape index (κ3) is 3.28. The van der Waals surface area contributed by atoms with Crippen LogP contribution in [0.2, 0.25) is 0 Å². The number of hydrogen-bond donors (Lipinski definition) is 2. The monoisotopic (exact) mass is 280 g/mol. The Hall–Kier alpha value is -1.62. The summed E-state index contributed by atoms with van der Waals surface area (Å²) >= 11 is 0. The van der Waals surface area contributed by atoms with Gasteiger partial charge in [0.2, 0.25) is 0 Å². The van der Waals surface area contributed by atoms with E-state index in [2.05, 4.69) is 10.6 Å². The summed E-state index contributed by atoms with van der Waals surface area (Å²) in [5.41, 5.74) is 0.625. The fourth-order valence-electron chi connectivity index (χ4n) is 2.39. The molecule has 0 aromatic heterocycles. The van der Waals surface area contributed by atoms with Gasteiger partial charge in [-0.2, -0.15) is 0 Å². The third-order valence-electron chi connectivity index (χ3n) is 3.44. The lowest BCUT2D eigenvalue weighted by Crippen LogP contribution is -2.47. The summed E-state index contributed by atoms with van der Waals surface area (Å²) in [6.45, 7) is 5.09. The minimum atomic E-state index is -0.402. The van der Waals surface area contributed by atoms with Crippen molar-refractivity contribution in [3.8, 4) is 0 Å². The van der Waals surface area contributed by atoms with Crippen molar-refractivity contribution in [2.45, 2.75) is 38.8 Å². The van der Waals surface area contributed by atoms with Gasteiger partial charge in [0, 0.05) is 19.2 Å². The van der Waals surface area contributed by atoms with Gasteiger partial charge in [0.05, 0.1) is 17.4 Å². The Kier molecular flexibility index (Phi) is 4.95. The van der Waals surface area contributed by atoms with Crippen LogP contribution in [0.3, 0.4) is 0 Å². The van der Waals surface area contributed by atoms with Gasteiger partial charge < -0.3 is 15.4 Å². The molecule has 1 amide bonds. The predicted octanol–water partition coefficient (Wildman–Crippen LogP) is 2.55. The molecular formula is C15H21FN2O2. The van der Waals surface area contributed by atoms with Crippen molar-refractivity contribution in [1.29, 1.82) is 0 Å². The smallest absolute Gasteiger partial charge is 0.253 e. The van der Waals surface area contributed by atoms with Gasteiger partial charge in [0.15, 0.2) is 0 Å². The number of para-hydroxylation sites is 1. The molecule has 1 saturated carbocycles. The van der Waals surface area contributed by atoms with Crippen LogP contribution in [0.1, 0.15) is 37.0 Å². The molecule has 2 N–H and O–H groups in total. The number of amides is 1. The fraction of sp³-hybridized carbons (Fsp3) is 0.533. The summed E-state index contributed by atoms with van der Waals surface area (Å²) in [5, 5.41) is 5.82. The highest BCUT2D eigenvalue weighted by Crippen LogP contribution is 2.25. The first-order valence-electron chi connectivity index (χ1n) is 7.10. The molecule has 1 aliphatic rings. The van der Waals surface area contributed by atoms with Crippen LogP contribution in [-0.2, 0) is 4.74 Å². The highest BCUT2D eigenvalue weighted by molar-refractivity contribution is 5.99. The maximum absolute atomic E-state index is 13.7. The first-order chi connectivity index (χ1) is 9.65. The van der Waals surface area contributed by atoms with Crippen LogP contribution < -0.4 is 10.6 Å². The molecule has 1 aliphatic carbocycles. The van der Waals surface area contributed by atoms with Gasteiger partial charge in [-0.1, -0.05) is 6.07 Å². The fourth-order valence-corrected chi connectivity index (χ4v) is 2.39. The van der Waals surface area contributed by atoms with E-state index >= 15 is 0 Å². The molecule has 0 heterocycles. The van der Waals surface area contributed by atoms with Gasteiger partial charge in [-0.3, -0.25) is 4.79 Å². The number of benzene rings is 1. The van der Waals surface area contributed by atoms with Gasteiger partial charge >= 0.3 is 0 Å². The molecule has 20 heavy (non-hydrogen) atoms. The van der Waals surface area contributed by atoms with Crippen molar-refractivity contribution in [1.82, 2.24) is 5.32 Å². The maximum atomic E-state index is 13.7. The average Bonchev–Trinajstić information content (AvgIpc) is 2.38. The van der Waals surface area contributed by atoms with Crippen molar-refractivity contribution in [3.05, 3.63) is 29.6 Å². The Morgan fingerprint density at radius 2 is 2.15 bits per heavy atom. The largest absolute Gasteiger partial charge is 0.382 e. The number of hydrogen-bond acceptors (Lipinski definition) is 3. The Balaban J connectivity index is 1.98. The van der Waals surface area contributed by atoms with Gasteiger partial charge in [0.1, 0.15) is 5.82 Å². The molecule has 2 rings (SSSR count). The summed E-state index contributed by atoms with van der Waals surface area (Å²) in [7, 11) is 0. The third-order valence-corrected chi connectivity index (χ3v) is 3.44. The van der Waals surface area contributed by atoms with Crippen molar-refractivity contribution in [3.63, 3.8) is 0 Å². The topological polar surface area (TPSA) is 50.4 Å². The quantitative estimate of drug-likeness (QED) is 0.842. The van der Waals surface area contributed by atoms with E-state index in [1.54, 1.807) is 12.1 Å². The van der Waals surface area contributed by atoms with Gasteiger partial charge in [-0.25, -0.2) is 4.39 Å². The zero-order valence-electron chi connectivity index (χ0n) is 11.9. The molecule has 0 radical (unpaired) electrons. The van der Waals surface area contributed by atoms with Crippen molar-refractivity contribution in [2.75, 3.05) is 18.5 Å². The summed E-state index contributed by atoms with van der Waals surface area (Å²) < 4.78 is 19.2. The van der Waals surface area contributed by atoms with Crippen LogP contribution in [0, 0.1) is 5.82 Å². The molecule has 0 spiro atoms. The molecule has 1 aromatic carbocycles. The Bertz CT molecular complexity index is 473. The van der Waals surface area contributed by atoms with E-state index in [0.29, 0.717) is 18.7 Å². The van der Waals surface area contributed by atoms with Crippen LogP contribution in [0.25, 0.3) is 0 Å². The summed E-state index contributed by atoms with van der Waals surface area (Å²) in [4.78, 5) is 12.2. The molecule has 110 valence electrons. The molecular weight excluding hydrogens is 259 g/mol. The van der Waals surface area contributed by atoms with E-state index in [4.69, 9.17) is 4.74 Å². The molecule has 0 saturated heterocycles. The zero-order valence-corrected chi connectivity index (χ0v) is 11.9. The first kappa shape index (κ1) is 14.8. The second-order valence-corrected chi connectivity index (χ2v) is 4.91. The lowest BCUT2D eigenvalue weighted by Gasteiger charge is -2.35. The Morgan fingerprint density at radius 1 is 1.40 bits per heavy atom. The van der Waals surface area contributed by atoms with Gasteiger partial charge in [-0.15, -0.1) is 0 Å². The van der Waals surface area contributed by atoms with Crippen molar-refractivity contribution < 1.29 is 13.9 Å². The van der Waals surface area contributed by atoms with Crippen LogP contribution in [-0.4, -0.2) is 31.2 Å². The standard InChI is InChI=1S/C15H21FN2O2/c1-3-17-14-12(6-5-7-13(14)16)15(19)18-10-8-11(9-10)20-4-2/h5-7,10-11,17H,3-4,8-9H2,1-2H3,(H,18,19). The predicted molar refractivity (Wildman–Crippen MR) is 76.5 cm³/mol. The van der Waals surface area contributed by atoms with Gasteiger partial charge in [0.25, 0.3) is 5.91 Å². The van der Waals surface area contributed by atoms with Gasteiger partial charge in [-0.05, 0) is 38.8 Å². The number of halogens is 1. The number of nitrogens with one attached hydrogen (secondary N) is 2. The molecule has 0 bridgehead atoms. The minimum absolute atomic E-state index is 0.122. The molecule has 0 atom stereocenters. The molecule has 1 aromatic rings. The molecule has 5 heteroatoms. The highest BCUT2D eigenvalue weighted by atomic mass is 19.1. The normalized spacial score (nSPS) is 21.1. The number of rotatable bonds is 6.